The summed E-state index contributed by atoms with van der Waals surface area (Å²) in [5.41, 5.74) is 8.35. The summed E-state index contributed by atoms with van der Waals surface area (Å²) in [6.45, 7) is 6.79. The molecule has 1 aliphatic rings. The summed E-state index contributed by atoms with van der Waals surface area (Å²) in [7, 11) is 0. The summed E-state index contributed by atoms with van der Waals surface area (Å²) < 4.78 is 31.2. The molecular formula is C36H44F2N6O5. The molecule has 11 nitrogen and oxygen atoms in total. The van der Waals surface area contributed by atoms with E-state index in [2.05, 4.69) is 31.4 Å². The number of nitrogens with two attached hydrogens (primary N) is 1. The van der Waals surface area contributed by atoms with E-state index in [-0.39, 0.29) is 44.3 Å². The lowest BCUT2D eigenvalue weighted by Crippen LogP contribution is -2.47. The Balaban J connectivity index is 1.47. The van der Waals surface area contributed by atoms with Gasteiger partial charge in [0.2, 0.25) is 11.8 Å². The van der Waals surface area contributed by atoms with Gasteiger partial charge in [-0.25, -0.2) is 8.78 Å². The van der Waals surface area contributed by atoms with E-state index in [1.165, 1.54) is 6.07 Å². The van der Waals surface area contributed by atoms with E-state index in [1.54, 1.807) is 0 Å². The first-order valence-electron chi connectivity index (χ1n) is 16.2. The molecule has 1 aromatic heterocycles. The molecule has 0 radical (unpaired) electrons. The number of halogens is 2. The molecule has 0 saturated carbocycles. The maximum Gasteiger partial charge on any atom is 0.254 e. The van der Waals surface area contributed by atoms with Crippen LogP contribution in [-0.4, -0.2) is 88.5 Å². The van der Waals surface area contributed by atoms with Crippen LogP contribution in [0.2, 0.25) is 0 Å². The number of amides is 4. The van der Waals surface area contributed by atoms with Gasteiger partial charge in [-0.15, -0.1) is 0 Å². The number of nitrogens with zero attached hydrogens (tertiary/aromatic N) is 3. The maximum absolute atomic E-state index is 15.0. The number of imide groups is 1. The molecule has 0 spiro atoms. The third-order valence-corrected chi connectivity index (χ3v) is 8.23. The number of aliphatic hydroxyl groups excluding tert-OH is 1. The van der Waals surface area contributed by atoms with E-state index >= 15 is 0 Å². The molecule has 2 heterocycles. The monoisotopic (exact) mass is 678 g/mol. The van der Waals surface area contributed by atoms with Crippen LogP contribution in [0.4, 0.5) is 8.78 Å². The second-order valence-electron chi connectivity index (χ2n) is 13.1. The Hall–Kier alpha value is -4.72. The Labute approximate surface area is 284 Å². The van der Waals surface area contributed by atoms with Crippen molar-refractivity contribution < 1.29 is 33.1 Å². The van der Waals surface area contributed by atoms with Crippen LogP contribution in [0.25, 0.3) is 11.1 Å². The molecule has 2 aromatic carbocycles. The molecule has 0 fully saturated rings. The van der Waals surface area contributed by atoms with E-state index < -0.39 is 53.3 Å². The zero-order valence-corrected chi connectivity index (χ0v) is 28.0. The van der Waals surface area contributed by atoms with Crippen molar-refractivity contribution in [2.24, 2.45) is 11.1 Å². The number of hydrogen-bond donors (Lipinski definition) is 4. The summed E-state index contributed by atoms with van der Waals surface area (Å²) in [6, 6.07) is 13.7. The molecular weight excluding hydrogens is 634 g/mol. The van der Waals surface area contributed by atoms with Crippen molar-refractivity contribution in [3.8, 4) is 11.1 Å². The second-order valence-corrected chi connectivity index (χ2v) is 13.1. The number of carbonyl (C=O) groups is 4. The molecule has 3 aromatic rings. The van der Waals surface area contributed by atoms with Crippen molar-refractivity contribution in [2.75, 3.05) is 39.3 Å². The van der Waals surface area contributed by atoms with Crippen LogP contribution in [0, 0.1) is 17.0 Å². The van der Waals surface area contributed by atoms with Crippen LogP contribution >= 0.6 is 0 Å². The Kier molecular flexibility index (Phi) is 12.6. The summed E-state index contributed by atoms with van der Waals surface area (Å²) in [4.78, 5) is 51.1. The lowest BCUT2D eigenvalue weighted by molar-refractivity contribution is -0.141. The van der Waals surface area contributed by atoms with Crippen molar-refractivity contribution in [3.63, 3.8) is 0 Å². The van der Waals surface area contributed by atoms with Gasteiger partial charge in [-0.2, -0.15) is 0 Å². The molecule has 5 N–H and O–H groups in total. The lowest BCUT2D eigenvalue weighted by atomic mass is 9.83. The first-order chi connectivity index (χ1) is 23.3. The molecule has 13 heteroatoms. The van der Waals surface area contributed by atoms with Crippen molar-refractivity contribution in [1.29, 1.82) is 0 Å². The smallest absolute Gasteiger partial charge is 0.254 e. The van der Waals surface area contributed by atoms with Gasteiger partial charge in [0, 0.05) is 67.9 Å². The largest absolute Gasteiger partial charge is 0.395 e. The second kappa shape index (κ2) is 16.6. The van der Waals surface area contributed by atoms with Gasteiger partial charge in [-0.05, 0) is 41.7 Å². The minimum absolute atomic E-state index is 0.0658. The average Bonchev–Trinajstić information content (AvgIpc) is 3.60. The number of aliphatic hydroxyl groups is 1. The number of benzene rings is 2. The number of nitrogens with one attached hydrogen (secondary N) is 2. The Morgan fingerprint density at radius 3 is 2.29 bits per heavy atom. The Morgan fingerprint density at radius 1 is 0.959 bits per heavy atom. The molecule has 0 aliphatic carbocycles. The fourth-order valence-corrected chi connectivity index (χ4v) is 5.96. The van der Waals surface area contributed by atoms with Crippen LogP contribution in [-0.2, 0) is 25.7 Å². The summed E-state index contributed by atoms with van der Waals surface area (Å²) in [6.07, 6.45) is 4.24. The number of aromatic nitrogens is 1. The zero-order chi connectivity index (χ0) is 35.7. The topological polar surface area (TPSA) is 150 Å². The van der Waals surface area contributed by atoms with Crippen molar-refractivity contribution >= 4 is 23.6 Å². The van der Waals surface area contributed by atoms with E-state index in [1.807, 2.05) is 52.1 Å². The fourth-order valence-electron chi connectivity index (χ4n) is 5.96. The third-order valence-electron chi connectivity index (χ3n) is 8.23. The third kappa shape index (κ3) is 9.91. The van der Waals surface area contributed by atoms with Gasteiger partial charge in [0.05, 0.1) is 18.7 Å². The first kappa shape index (κ1) is 37.1. The highest BCUT2D eigenvalue weighted by atomic mass is 19.1. The highest BCUT2D eigenvalue weighted by molar-refractivity contribution is 6.14. The minimum Gasteiger partial charge on any atom is -0.395 e. The molecule has 262 valence electrons. The quantitative estimate of drug-likeness (QED) is 0.135. The number of carbonyl (C=O) groups excluding carboxylic acids is 4. The van der Waals surface area contributed by atoms with Crippen LogP contribution in [0.5, 0.6) is 0 Å². The van der Waals surface area contributed by atoms with Crippen LogP contribution in [0.1, 0.15) is 44.5 Å². The summed E-state index contributed by atoms with van der Waals surface area (Å²) in [5.74, 6) is -3.20. The number of hydrogen-bond acceptors (Lipinski definition) is 7. The molecule has 1 aliphatic heterocycles. The van der Waals surface area contributed by atoms with Crippen molar-refractivity contribution in [2.45, 2.75) is 45.8 Å². The van der Waals surface area contributed by atoms with E-state index in [9.17, 15) is 33.1 Å². The molecule has 0 saturated heterocycles. The highest BCUT2D eigenvalue weighted by Crippen LogP contribution is 2.41. The molecule has 0 bridgehead atoms. The molecule has 0 unspecified atom stereocenters. The summed E-state index contributed by atoms with van der Waals surface area (Å²) in [5, 5.41) is 15.3. The molecule has 4 rings (SSSR count). The fraction of sp³-hybridized carbons (Fsp3) is 0.389. The predicted octanol–water partition coefficient (Wildman–Crippen LogP) is 2.74. The normalized spacial score (nSPS) is 14.4. The molecule has 4 amide bonds. The Morgan fingerprint density at radius 2 is 1.63 bits per heavy atom. The van der Waals surface area contributed by atoms with E-state index in [4.69, 9.17) is 5.73 Å². The molecule has 49 heavy (non-hydrogen) atoms. The van der Waals surface area contributed by atoms with Gasteiger partial charge in [0.25, 0.3) is 11.8 Å². The van der Waals surface area contributed by atoms with Crippen molar-refractivity contribution in [1.82, 2.24) is 25.0 Å². The maximum atomic E-state index is 15.0. The molecule has 2 atom stereocenters. The lowest BCUT2D eigenvalue weighted by Gasteiger charge is -2.41. The minimum atomic E-state index is -0.906. The van der Waals surface area contributed by atoms with Gasteiger partial charge in [0.15, 0.2) is 0 Å². The average molecular weight is 679 g/mol. The van der Waals surface area contributed by atoms with E-state index in [0.29, 0.717) is 18.7 Å². The van der Waals surface area contributed by atoms with Gasteiger partial charge in [-0.1, -0.05) is 51.1 Å². The van der Waals surface area contributed by atoms with Gasteiger partial charge >= 0.3 is 0 Å². The SMILES string of the molecule is CC(C)(C)[C@H](c1cc(-c2cc(F)ccc2F)cn1Cc1ccccc1)N(CCO)CC[C@H](N)C(=O)NCCNC(=O)CN1C(=O)C=CC1=O. The van der Waals surface area contributed by atoms with Crippen LogP contribution in [0.15, 0.2) is 72.9 Å². The highest BCUT2D eigenvalue weighted by Gasteiger charge is 2.35. The Bertz CT molecular complexity index is 1650. The first-order valence-corrected chi connectivity index (χ1v) is 16.2. The van der Waals surface area contributed by atoms with Crippen molar-refractivity contribution in [3.05, 3.63) is 95.8 Å². The van der Waals surface area contributed by atoms with Gasteiger partial charge in [0.1, 0.15) is 18.2 Å². The standard InChI is InChI=1S/C36H44F2N6O5/c1-36(2,3)34(30-19-25(27-20-26(37)9-10-28(27)38)22-43(30)21-24-7-5-4-6-8-24)42(17-18-45)16-13-29(39)35(49)41-15-14-40-31(46)23-44-32(47)11-12-33(44)48/h4-12,19-20,22,29,34,45H,13-18,21,23,39H2,1-3H3,(H,40,46)(H,41,49)/t29-,34-/m0/s1. The van der Waals surface area contributed by atoms with Crippen LogP contribution in [0.3, 0.4) is 0 Å². The predicted molar refractivity (Wildman–Crippen MR) is 181 cm³/mol. The van der Waals surface area contributed by atoms with Gasteiger partial charge in [-0.3, -0.25) is 29.0 Å². The number of rotatable bonds is 16. The zero-order valence-electron chi connectivity index (χ0n) is 28.0. The summed E-state index contributed by atoms with van der Waals surface area (Å²) >= 11 is 0. The van der Waals surface area contributed by atoms with Gasteiger partial charge < -0.3 is 26.0 Å². The van der Waals surface area contributed by atoms with Crippen LogP contribution < -0.4 is 16.4 Å². The van der Waals surface area contributed by atoms with E-state index in [0.717, 1.165) is 40.4 Å².